The number of anilines is 1. The zero-order valence-electron chi connectivity index (χ0n) is 15.3. The number of hydrogen-bond donors (Lipinski definition) is 1. The van der Waals surface area contributed by atoms with Crippen molar-refractivity contribution in [3.05, 3.63) is 68.4 Å². The van der Waals surface area contributed by atoms with Crippen LogP contribution in [0.25, 0.3) is 10.1 Å². The van der Waals surface area contributed by atoms with Gasteiger partial charge >= 0.3 is 6.09 Å². The predicted molar refractivity (Wildman–Crippen MR) is 106 cm³/mol. The summed E-state index contributed by atoms with van der Waals surface area (Å²) in [7, 11) is 3.09. The molecular weight excluding hydrogens is 386 g/mol. The van der Waals surface area contributed by atoms with Crippen molar-refractivity contribution in [1.29, 1.82) is 0 Å². The van der Waals surface area contributed by atoms with E-state index in [0.717, 1.165) is 11.3 Å². The number of ether oxygens (including phenoxy) is 1. The minimum atomic E-state index is -0.880. The first-order valence-corrected chi connectivity index (χ1v) is 9.20. The van der Waals surface area contributed by atoms with Crippen molar-refractivity contribution in [2.45, 2.75) is 13.1 Å². The number of amides is 1. The van der Waals surface area contributed by atoms with Crippen molar-refractivity contribution in [1.82, 2.24) is 4.90 Å². The van der Waals surface area contributed by atoms with Gasteiger partial charge in [-0.2, -0.15) is 0 Å². The van der Waals surface area contributed by atoms with Gasteiger partial charge in [0.05, 0.1) is 5.69 Å². The fourth-order valence-electron chi connectivity index (χ4n) is 2.80. The summed E-state index contributed by atoms with van der Waals surface area (Å²) in [5.74, 6) is -0.357. The summed E-state index contributed by atoms with van der Waals surface area (Å²) in [6.45, 7) is -0.880. The molecule has 0 spiro atoms. The van der Waals surface area contributed by atoms with E-state index in [1.807, 2.05) is 0 Å². The Bertz CT molecular complexity index is 1110. The highest BCUT2D eigenvalue weighted by molar-refractivity contribution is 7.16. The Balaban J connectivity index is 2.07. The van der Waals surface area contributed by atoms with E-state index < -0.39 is 18.6 Å². The second-order valence-electron chi connectivity index (χ2n) is 6.40. The number of carbonyl (C=O) groups excluding carboxylic acids is 1. The minimum absolute atomic E-state index is 0.0245. The number of benzene rings is 2. The van der Waals surface area contributed by atoms with Crippen molar-refractivity contribution >= 4 is 33.2 Å². The maximum Gasteiger partial charge on any atom is 0.414 e. The van der Waals surface area contributed by atoms with E-state index >= 15 is 0 Å². The molecule has 3 aromatic rings. The predicted octanol–water partition coefficient (Wildman–Crippen LogP) is 4.10. The van der Waals surface area contributed by atoms with Crippen LogP contribution in [-0.2, 0) is 13.1 Å². The van der Waals surface area contributed by atoms with Crippen LogP contribution >= 0.6 is 11.3 Å². The van der Waals surface area contributed by atoms with Gasteiger partial charge in [-0.15, -0.1) is 0 Å². The third kappa shape index (κ3) is 3.82. The molecule has 8 heteroatoms. The van der Waals surface area contributed by atoms with Crippen LogP contribution in [0.3, 0.4) is 0 Å². The number of nitrogens with zero attached hydrogens (tertiary/aromatic N) is 1. The number of halogens is 2. The van der Waals surface area contributed by atoms with Crippen LogP contribution in [-0.4, -0.2) is 25.1 Å². The molecule has 0 atom stereocenters. The fourth-order valence-corrected chi connectivity index (χ4v) is 3.79. The summed E-state index contributed by atoms with van der Waals surface area (Å²) in [5.41, 5.74) is 6.19. The monoisotopic (exact) mass is 404 g/mol. The summed E-state index contributed by atoms with van der Waals surface area (Å²) in [6, 6.07) is 9.18. The van der Waals surface area contributed by atoms with Crippen LogP contribution < -0.4 is 15.2 Å². The Morgan fingerprint density at radius 1 is 1.21 bits per heavy atom. The lowest BCUT2D eigenvalue weighted by molar-refractivity contribution is 0.172. The molecule has 0 aliphatic heterocycles. The Kier molecular flexibility index (Phi) is 5.60. The number of nitrogens with two attached hydrogens (primary N) is 1. The van der Waals surface area contributed by atoms with Gasteiger partial charge in [-0.3, -0.25) is 4.79 Å². The van der Waals surface area contributed by atoms with Crippen LogP contribution in [0.15, 0.2) is 41.2 Å². The van der Waals surface area contributed by atoms with E-state index in [4.69, 9.17) is 10.5 Å². The average molecular weight is 404 g/mol. The molecule has 1 amide bonds. The molecular formula is C20H18F2N2O3S. The highest BCUT2D eigenvalue weighted by atomic mass is 32.1. The van der Waals surface area contributed by atoms with Gasteiger partial charge in [0.15, 0.2) is 0 Å². The first-order chi connectivity index (χ1) is 13.3. The summed E-state index contributed by atoms with van der Waals surface area (Å²) < 4.78 is 33.4. The Morgan fingerprint density at radius 2 is 1.96 bits per heavy atom. The van der Waals surface area contributed by atoms with Crippen LogP contribution in [0.4, 0.5) is 19.3 Å². The van der Waals surface area contributed by atoms with E-state index in [2.05, 4.69) is 0 Å². The molecule has 2 aromatic carbocycles. The number of rotatable bonds is 4. The lowest BCUT2D eigenvalue weighted by Gasteiger charge is -2.13. The summed E-state index contributed by atoms with van der Waals surface area (Å²) in [6.07, 6.45) is -0.621. The third-order valence-electron chi connectivity index (χ3n) is 4.27. The van der Waals surface area contributed by atoms with Gasteiger partial charge in [0.1, 0.15) is 18.2 Å². The van der Waals surface area contributed by atoms with Crippen LogP contribution in [0.2, 0.25) is 0 Å². The number of carbonyl (C=O) groups is 1. The van der Waals surface area contributed by atoms with E-state index in [0.29, 0.717) is 10.1 Å². The normalized spacial score (nSPS) is 10.9. The Labute approximate surface area is 164 Å². The maximum atomic E-state index is 14.2. The molecule has 0 saturated heterocycles. The van der Waals surface area contributed by atoms with Gasteiger partial charge in [0.2, 0.25) is 4.74 Å². The van der Waals surface area contributed by atoms with Crippen LogP contribution in [0, 0.1) is 5.82 Å². The highest BCUT2D eigenvalue weighted by Crippen LogP contribution is 2.30. The lowest BCUT2D eigenvalue weighted by Crippen LogP contribution is -2.25. The van der Waals surface area contributed by atoms with Crippen molar-refractivity contribution in [3.8, 4) is 5.75 Å². The van der Waals surface area contributed by atoms with E-state index in [1.165, 1.54) is 29.2 Å². The molecule has 0 saturated carbocycles. The summed E-state index contributed by atoms with van der Waals surface area (Å²) >= 11 is 0.896. The quantitative estimate of drug-likeness (QED) is 0.665. The zero-order valence-corrected chi connectivity index (χ0v) is 16.1. The first-order valence-electron chi connectivity index (χ1n) is 8.38. The molecule has 0 radical (unpaired) electrons. The smallest absolute Gasteiger partial charge is 0.410 e. The maximum absolute atomic E-state index is 14.2. The Hall–Kier alpha value is -3.00. The molecule has 146 valence electrons. The second-order valence-corrected chi connectivity index (χ2v) is 7.41. The molecule has 2 N–H and O–H groups in total. The highest BCUT2D eigenvalue weighted by Gasteiger charge is 2.17. The minimum Gasteiger partial charge on any atom is -0.410 e. The molecule has 0 fully saturated rings. The van der Waals surface area contributed by atoms with E-state index in [1.54, 1.807) is 26.2 Å². The van der Waals surface area contributed by atoms with Crippen molar-refractivity contribution in [3.63, 3.8) is 0 Å². The largest absolute Gasteiger partial charge is 0.414 e. The van der Waals surface area contributed by atoms with Crippen LogP contribution in [0.1, 0.15) is 16.7 Å². The number of fused-ring (bicyclic) bond motifs is 1. The molecule has 1 aromatic heterocycles. The van der Waals surface area contributed by atoms with Crippen molar-refractivity contribution in [2.75, 3.05) is 19.8 Å². The van der Waals surface area contributed by atoms with Gasteiger partial charge in [-0.05, 0) is 40.8 Å². The summed E-state index contributed by atoms with van der Waals surface area (Å²) in [5, 5.41) is 0.524. The molecule has 0 bridgehead atoms. The zero-order chi connectivity index (χ0) is 20.4. The molecule has 0 unspecified atom stereocenters. The standard InChI is InChI=1S/C20H18F2N2O3S/c1-24(2)20(26)27-12-6-7-13-15(10-21)14(19(25)28-17(13)9-12)8-11-4-3-5-16(23)18(11)22/h3-7,9H,8,10,23H2,1-2H3. The molecule has 1 heterocycles. The fraction of sp³-hybridized carbons (Fsp3) is 0.200. The molecule has 0 aliphatic carbocycles. The van der Waals surface area contributed by atoms with Gasteiger partial charge in [-0.25, -0.2) is 13.6 Å². The van der Waals surface area contributed by atoms with E-state index in [-0.39, 0.29) is 39.3 Å². The Morgan fingerprint density at radius 3 is 2.64 bits per heavy atom. The van der Waals surface area contributed by atoms with Gasteiger partial charge < -0.3 is 15.4 Å². The van der Waals surface area contributed by atoms with Crippen LogP contribution in [0.5, 0.6) is 5.75 Å². The lowest BCUT2D eigenvalue weighted by atomic mass is 9.99. The first kappa shape index (κ1) is 19.8. The summed E-state index contributed by atoms with van der Waals surface area (Å²) in [4.78, 5) is 25.6. The third-order valence-corrected chi connectivity index (χ3v) is 5.26. The molecule has 3 rings (SSSR count). The second kappa shape index (κ2) is 7.93. The average Bonchev–Trinajstić information content (AvgIpc) is 2.65. The number of alkyl halides is 1. The topological polar surface area (TPSA) is 72.6 Å². The van der Waals surface area contributed by atoms with E-state index in [9.17, 15) is 18.4 Å². The van der Waals surface area contributed by atoms with Crippen molar-refractivity contribution in [2.24, 2.45) is 0 Å². The molecule has 28 heavy (non-hydrogen) atoms. The SMILES string of the molecule is CN(C)C(=O)Oc1ccc2c(CF)c(Cc3cccc(N)c3F)c(=O)sc2c1. The molecule has 0 aliphatic rings. The van der Waals surface area contributed by atoms with Gasteiger partial charge in [0, 0.05) is 30.8 Å². The van der Waals surface area contributed by atoms with Gasteiger partial charge in [0.25, 0.3) is 0 Å². The number of nitrogen functional groups attached to an aromatic ring is 1. The van der Waals surface area contributed by atoms with Gasteiger partial charge in [-0.1, -0.05) is 23.5 Å². The molecule has 5 nitrogen and oxygen atoms in total. The van der Waals surface area contributed by atoms with Crippen molar-refractivity contribution < 1.29 is 18.3 Å². The number of hydrogen-bond acceptors (Lipinski definition) is 5.